The Balaban J connectivity index is 1.79. The second-order valence-electron chi connectivity index (χ2n) is 6.49. The van der Waals surface area contributed by atoms with Gasteiger partial charge in [0.25, 0.3) is 0 Å². The van der Waals surface area contributed by atoms with Crippen molar-refractivity contribution >= 4 is 0 Å². The second kappa shape index (κ2) is 7.32. The molecule has 0 bridgehead atoms. The van der Waals surface area contributed by atoms with Gasteiger partial charge in [0.1, 0.15) is 5.82 Å². The van der Waals surface area contributed by atoms with E-state index in [4.69, 9.17) is 0 Å². The Morgan fingerprint density at radius 1 is 1.25 bits per heavy atom. The highest BCUT2D eigenvalue weighted by Gasteiger charge is 2.29. The lowest BCUT2D eigenvalue weighted by Gasteiger charge is -2.24. The van der Waals surface area contributed by atoms with Crippen molar-refractivity contribution in [3.8, 4) is 0 Å². The Bertz CT molecular complexity index is 705. The lowest BCUT2D eigenvalue weighted by Crippen LogP contribution is -2.25. The molecular formula is C18H22F2N4. The Morgan fingerprint density at radius 3 is 2.88 bits per heavy atom. The number of hydrogen-bond donors (Lipinski definition) is 0. The highest BCUT2D eigenvalue weighted by Crippen LogP contribution is 2.31. The SMILES string of the molecule is CN(C)Cc1ccnc([C@@H]2CCCN2Cc2cccc(F)c2F)n1. The van der Waals surface area contributed by atoms with Crippen LogP contribution in [-0.4, -0.2) is 40.4 Å². The van der Waals surface area contributed by atoms with Gasteiger partial charge in [-0.1, -0.05) is 12.1 Å². The quantitative estimate of drug-likeness (QED) is 0.842. The van der Waals surface area contributed by atoms with E-state index in [0.29, 0.717) is 12.1 Å². The molecule has 24 heavy (non-hydrogen) atoms. The first kappa shape index (κ1) is 16.9. The van der Waals surface area contributed by atoms with Crippen molar-refractivity contribution in [2.45, 2.75) is 32.0 Å². The molecule has 0 unspecified atom stereocenters. The van der Waals surface area contributed by atoms with Crippen molar-refractivity contribution in [1.29, 1.82) is 0 Å². The average Bonchev–Trinajstić information content (AvgIpc) is 3.00. The molecule has 1 saturated heterocycles. The van der Waals surface area contributed by atoms with Crippen LogP contribution in [0.25, 0.3) is 0 Å². The van der Waals surface area contributed by atoms with Crippen LogP contribution in [0.4, 0.5) is 8.78 Å². The van der Waals surface area contributed by atoms with Crippen LogP contribution in [0.5, 0.6) is 0 Å². The first-order chi connectivity index (χ1) is 11.5. The summed E-state index contributed by atoms with van der Waals surface area (Å²) in [6.07, 6.45) is 3.71. The summed E-state index contributed by atoms with van der Waals surface area (Å²) in [4.78, 5) is 13.3. The summed E-state index contributed by atoms with van der Waals surface area (Å²) in [5.41, 5.74) is 1.35. The number of likely N-dealkylation sites (tertiary alicyclic amines) is 1. The number of hydrogen-bond acceptors (Lipinski definition) is 4. The molecule has 0 amide bonds. The molecule has 0 aliphatic carbocycles. The minimum Gasteiger partial charge on any atom is -0.304 e. The van der Waals surface area contributed by atoms with Gasteiger partial charge >= 0.3 is 0 Å². The Kier molecular flexibility index (Phi) is 5.16. The molecule has 0 saturated carbocycles. The highest BCUT2D eigenvalue weighted by atomic mass is 19.2. The van der Waals surface area contributed by atoms with Gasteiger partial charge in [-0.3, -0.25) is 4.90 Å². The summed E-state index contributed by atoms with van der Waals surface area (Å²) in [5, 5.41) is 0. The average molecular weight is 332 g/mol. The number of rotatable bonds is 5. The van der Waals surface area contributed by atoms with Gasteiger partial charge in [-0.2, -0.15) is 0 Å². The molecule has 1 atom stereocenters. The first-order valence-corrected chi connectivity index (χ1v) is 8.18. The molecule has 0 radical (unpaired) electrons. The third-order valence-electron chi connectivity index (χ3n) is 4.28. The Hall–Kier alpha value is -1.92. The van der Waals surface area contributed by atoms with E-state index in [9.17, 15) is 8.78 Å². The van der Waals surface area contributed by atoms with Crippen LogP contribution in [0.2, 0.25) is 0 Å². The number of nitrogens with zero attached hydrogens (tertiary/aromatic N) is 4. The van der Waals surface area contributed by atoms with Crippen molar-refractivity contribution in [3.63, 3.8) is 0 Å². The van der Waals surface area contributed by atoms with Crippen molar-refractivity contribution in [1.82, 2.24) is 19.8 Å². The number of aromatic nitrogens is 2. The molecule has 1 aliphatic heterocycles. The Morgan fingerprint density at radius 2 is 2.08 bits per heavy atom. The molecule has 128 valence electrons. The third kappa shape index (κ3) is 3.76. The molecule has 1 aromatic carbocycles. The molecule has 2 aromatic rings. The predicted molar refractivity (Wildman–Crippen MR) is 88.2 cm³/mol. The fraction of sp³-hybridized carbons (Fsp3) is 0.444. The third-order valence-corrected chi connectivity index (χ3v) is 4.28. The standard InChI is InChI=1S/C18H22F2N4/c1-23(2)12-14-8-9-21-18(22-14)16-7-4-10-24(16)11-13-5-3-6-15(19)17(13)20/h3,5-6,8-9,16H,4,7,10-12H2,1-2H3/t16-/m0/s1. The van der Waals surface area contributed by atoms with E-state index in [2.05, 4.69) is 19.8 Å². The minimum atomic E-state index is -0.799. The molecule has 1 aromatic heterocycles. The summed E-state index contributed by atoms with van der Waals surface area (Å²) in [6.45, 7) is 1.96. The Labute approximate surface area is 141 Å². The summed E-state index contributed by atoms with van der Waals surface area (Å²) in [5.74, 6) is -0.790. The van der Waals surface area contributed by atoms with Gasteiger partial charge in [0, 0.05) is 24.8 Å². The highest BCUT2D eigenvalue weighted by molar-refractivity contribution is 5.19. The summed E-state index contributed by atoms with van der Waals surface area (Å²) >= 11 is 0. The normalized spacial score (nSPS) is 18.5. The van der Waals surface area contributed by atoms with Crippen LogP contribution in [-0.2, 0) is 13.1 Å². The lowest BCUT2D eigenvalue weighted by molar-refractivity contribution is 0.235. The van der Waals surface area contributed by atoms with Gasteiger partial charge in [0.05, 0.1) is 11.7 Å². The maximum atomic E-state index is 14.0. The van der Waals surface area contributed by atoms with Gasteiger partial charge in [-0.25, -0.2) is 18.7 Å². The fourth-order valence-electron chi connectivity index (χ4n) is 3.18. The van der Waals surface area contributed by atoms with Crippen LogP contribution >= 0.6 is 0 Å². The van der Waals surface area contributed by atoms with E-state index >= 15 is 0 Å². The van der Waals surface area contributed by atoms with Gasteiger partial charge in [-0.05, 0) is 45.6 Å². The summed E-state index contributed by atoms with van der Waals surface area (Å²) < 4.78 is 27.4. The van der Waals surface area contributed by atoms with Gasteiger partial charge < -0.3 is 4.90 Å². The molecule has 6 heteroatoms. The number of benzene rings is 1. The van der Waals surface area contributed by atoms with Crippen molar-refractivity contribution < 1.29 is 8.78 Å². The van der Waals surface area contributed by atoms with E-state index in [1.54, 1.807) is 18.3 Å². The monoisotopic (exact) mass is 332 g/mol. The smallest absolute Gasteiger partial charge is 0.163 e. The molecule has 4 nitrogen and oxygen atoms in total. The van der Waals surface area contributed by atoms with E-state index < -0.39 is 11.6 Å². The molecule has 0 spiro atoms. The molecular weight excluding hydrogens is 310 g/mol. The van der Waals surface area contributed by atoms with Crippen LogP contribution in [0.1, 0.15) is 36.0 Å². The largest absolute Gasteiger partial charge is 0.304 e. The minimum absolute atomic E-state index is 0.0507. The van der Waals surface area contributed by atoms with Crippen LogP contribution in [0.15, 0.2) is 30.5 Å². The van der Waals surface area contributed by atoms with Crippen LogP contribution < -0.4 is 0 Å². The summed E-state index contributed by atoms with van der Waals surface area (Å²) in [6, 6.07) is 6.29. The zero-order valence-electron chi connectivity index (χ0n) is 14.0. The van der Waals surface area contributed by atoms with E-state index in [1.807, 2.05) is 20.2 Å². The zero-order chi connectivity index (χ0) is 17.1. The maximum absolute atomic E-state index is 14.0. The predicted octanol–water partition coefficient (Wildman–Crippen LogP) is 3.15. The fourth-order valence-corrected chi connectivity index (χ4v) is 3.18. The maximum Gasteiger partial charge on any atom is 0.163 e. The van der Waals surface area contributed by atoms with Gasteiger partial charge in [-0.15, -0.1) is 0 Å². The molecule has 0 N–H and O–H groups in total. The van der Waals surface area contributed by atoms with Gasteiger partial charge in [0.2, 0.25) is 0 Å². The topological polar surface area (TPSA) is 32.3 Å². The molecule has 1 aliphatic rings. The van der Waals surface area contributed by atoms with E-state index in [-0.39, 0.29) is 6.04 Å². The van der Waals surface area contributed by atoms with Crippen molar-refractivity contribution in [2.75, 3.05) is 20.6 Å². The first-order valence-electron chi connectivity index (χ1n) is 8.18. The van der Waals surface area contributed by atoms with E-state index in [0.717, 1.165) is 43.5 Å². The number of halogens is 2. The molecule has 3 rings (SSSR count). The summed E-state index contributed by atoms with van der Waals surface area (Å²) in [7, 11) is 3.99. The molecule has 1 fully saturated rings. The second-order valence-corrected chi connectivity index (χ2v) is 6.49. The van der Waals surface area contributed by atoms with E-state index in [1.165, 1.54) is 0 Å². The molecule has 2 heterocycles. The van der Waals surface area contributed by atoms with Crippen molar-refractivity contribution in [2.24, 2.45) is 0 Å². The van der Waals surface area contributed by atoms with Crippen molar-refractivity contribution in [3.05, 3.63) is 59.2 Å². The van der Waals surface area contributed by atoms with Gasteiger partial charge in [0.15, 0.2) is 11.6 Å². The van der Waals surface area contributed by atoms with Crippen LogP contribution in [0, 0.1) is 11.6 Å². The lowest BCUT2D eigenvalue weighted by atomic mass is 10.1. The zero-order valence-corrected chi connectivity index (χ0v) is 14.0. The van der Waals surface area contributed by atoms with Crippen LogP contribution in [0.3, 0.4) is 0 Å².